The molecule has 0 aliphatic carbocycles. The van der Waals surface area contributed by atoms with Gasteiger partial charge in [-0.1, -0.05) is 66.7 Å². The van der Waals surface area contributed by atoms with Gasteiger partial charge in [-0.2, -0.15) is 0 Å². The molecule has 0 bridgehead atoms. The molecule has 1 spiro atoms. The summed E-state index contributed by atoms with van der Waals surface area (Å²) >= 11 is 0. The summed E-state index contributed by atoms with van der Waals surface area (Å²) in [6, 6.07) is 29.9. The van der Waals surface area contributed by atoms with Crippen LogP contribution in [-0.2, 0) is 34.6 Å². The normalized spacial score (nSPS) is 22.3. The summed E-state index contributed by atoms with van der Waals surface area (Å²) in [4.78, 5) is 32.4. The van der Waals surface area contributed by atoms with E-state index in [-0.39, 0.29) is 25.0 Å². The van der Waals surface area contributed by atoms with E-state index in [9.17, 15) is 14.7 Å². The molecule has 0 saturated carbocycles. The van der Waals surface area contributed by atoms with Gasteiger partial charge in [0.15, 0.2) is 11.4 Å². The number of fused-ring (bicyclic) bond motifs is 4. The highest BCUT2D eigenvalue weighted by Crippen LogP contribution is 2.60. The van der Waals surface area contributed by atoms with Gasteiger partial charge in [-0.05, 0) is 67.5 Å². The number of aryl methyl sites for hydroxylation is 1. The molecule has 4 atom stereocenters. The second-order valence-electron chi connectivity index (χ2n) is 14.3. The molecule has 1 fully saturated rings. The molecule has 4 heterocycles. The van der Waals surface area contributed by atoms with E-state index in [4.69, 9.17) is 9.47 Å². The van der Waals surface area contributed by atoms with E-state index in [0.717, 1.165) is 16.8 Å². The Bertz CT molecular complexity index is 2170. The lowest BCUT2D eigenvalue weighted by Gasteiger charge is -2.31. The highest BCUT2D eigenvalue weighted by Gasteiger charge is 2.66. The minimum absolute atomic E-state index is 0.0235. The number of benzene rings is 4. The average Bonchev–Trinajstić information content (AvgIpc) is 3.75. The van der Waals surface area contributed by atoms with Gasteiger partial charge in [0.2, 0.25) is 8.41 Å². The first kappa shape index (κ1) is 33.9. The van der Waals surface area contributed by atoms with Crippen LogP contribution in [0.2, 0.25) is 18.6 Å². The summed E-state index contributed by atoms with van der Waals surface area (Å²) in [7, 11) is -3.35. The lowest BCUT2D eigenvalue weighted by atomic mass is 9.82. The smallest absolute Gasteiger partial charge is 0.266 e. The second kappa shape index (κ2) is 13.1. The molecule has 5 aromatic rings. The Morgan fingerprint density at radius 3 is 2.44 bits per heavy atom. The number of rotatable bonds is 9. The zero-order chi connectivity index (χ0) is 36.2. The summed E-state index contributed by atoms with van der Waals surface area (Å²) < 4.78 is 31.1. The molecule has 1 saturated heterocycles. The fraction of sp³-hybridized carbons (Fsp3) is 0.300. The first-order chi connectivity index (χ1) is 25.1. The summed E-state index contributed by atoms with van der Waals surface area (Å²) in [5, 5.41) is 17.6. The summed E-state index contributed by atoms with van der Waals surface area (Å²) in [6.45, 7) is 5.97. The quantitative estimate of drug-likeness (QED) is 0.126. The molecule has 0 radical (unpaired) electrons. The largest absolute Gasteiger partial charge is 0.454 e. The van der Waals surface area contributed by atoms with Crippen molar-refractivity contribution in [2.75, 3.05) is 16.4 Å². The van der Waals surface area contributed by atoms with E-state index >= 15 is 4.11 Å². The number of amides is 2. The molecular formula is C40H40FN5O5Si. The fourth-order valence-electron chi connectivity index (χ4n) is 8.41. The lowest BCUT2D eigenvalue weighted by Crippen LogP contribution is -2.45. The van der Waals surface area contributed by atoms with Crippen molar-refractivity contribution in [3.8, 4) is 11.5 Å². The molecule has 10 nitrogen and oxygen atoms in total. The van der Waals surface area contributed by atoms with Crippen molar-refractivity contribution in [2.45, 2.75) is 63.2 Å². The van der Waals surface area contributed by atoms with Crippen LogP contribution >= 0.6 is 0 Å². The van der Waals surface area contributed by atoms with Gasteiger partial charge >= 0.3 is 0 Å². The van der Waals surface area contributed by atoms with Gasteiger partial charge in [-0.15, -0.1) is 5.10 Å². The Morgan fingerprint density at radius 1 is 0.923 bits per heavy atom. The number of anilines is 3. The summed E-state index contributed by atoms with van der Waals surface area (Å²) in [5.41, 5.74) is 2.84. The van der Waals surface area contributed by atoms with Crippen LogP contribution in [-0.4, -0.2) is 53.0 Å². The predicted molar refractivity (Wildman–Crippen MR) is 197 cm³/mol. The Morgan fingerprint density at radius 2 is 1.65 bits per heavy atom. The topological polar surface area (TPSA) is 110 Å². The highest BCUT2D eigenvalue weighted by molar-refractivity contribution is 6.72. The number of para-hydroxylation sites is 4. The maximum absolute atomic E-state index is 16.3. The maximum Gasteiger partial charge on any atom is 0.266 e. The van der Waals surface area contributed by atoms with Crippen molar-refractivity contribution < 1.29 is 28.3 Å². The molecular weight excluding hydrogens is 678 g/mol. The third kappa shape index (κ3) is 5.62. The zero-order valence-electron chi connectivity index (χ0n) is 29.3. The number of hydrogen-bond acceptors (Lipinski definition) is 7. The summed E-state index contributed by atoms with van der Waals surface area (Å²) in [6.07, 6.45) is 2.12. The molecule has 0 unspecified atom stereocenters. The number of halogens is 1. The van der Waals surface area contributed by atoms with Crippen LogP contribution < -0.4 is 14.5 Å². The third-order valence-electron chi connectivity index (χ3n) is 10.6. The molecule has 8 rings (SSSR count). The van der Waals surface area contributed by atoms with Gasteiger partial charge in [0, 0.05) is 48.5 Å². The van der Waals surface area contributed by atoms with E-state index in [1.807, 2.05) is 91.9 Å². The SMILES string of the molecule is C[C@@H]1[C@@H]([Si](C)(C)F)[C@H](CCn2cc(CCO)nn2)O[C@@]12C(=O)N(Cc1cccc(N3C(=O)c4ccccc4Oc4ccccc43)c1)c1ccccc12. The van der Waals surface area contributed by atoms with Gasteiger partial charge in [0.05, 0.1) is 35.3 Å². The Kier molecular flexibility index (Phi) is 8.55. The predicted octanol–water partition coefficient (Wildman–Crippen LogP) is 7.31. The second-order valence-corrected chi connectivity index (χ2v) is 18.1. The number of hydrogen-bond donors (Lipinski definition) is 1. The van der Waals surface area contributed by atoms with Crippen LogP contribution in [0.3, 0.4) is 0 Å². The molecule has 3 aliphatic rings. The van der Waals surface area contributed by atoms with E-state index in [1.165, 1.54) is 0 Å². The number of ether oxygens (including phenoxy) is 2. The molecule has 3 aliphatic heterocycles. The third-order valence-corrected chi connectivity index (χ3v) is 13.1. The summed E-state index contributed by atoms with van der Waals surface area (Å²) in [5.74, 6) is 0.167. The van der Waals surface area contributed by atoms with Crippen LogP contribution in [0.15, 0.2) is 103 Å². The highest BCUT2D eigenvalue weighted by atomic mass is 28.4. The van der Waals surface area contributed by atoms with Gasteiger partial charge in [0.25, 0.3) is 11.8 Å². The van der Waals surface area contributed by atoms with Gasteiger partial charge in [-0.25, -0.2) is 0 Å². The number of nitrogens with zero attached hydrogens (tertiary/aromatic N) is 5. The molecule has 1 aromatic heterocycles. The van der Waals surface area contributed by atoms with Gasteiger partial charge < -0.3 is 23.6 Å². The standard InChI is InChI=1S/C40H40FN5O5Si/c1-26-37(52(2,3)41)36(19-21-44-25-28(20-22-47)42-43-44)51-40(26)31-14-5-6-15-32(31)45(39(40)49)24-27-11-10-12-29(23-27)46-33-16-7-9-18-35(33)50-34-17-8-4-13-30(34)38(46)48/h4-18,23,25-26,36-37,47H,19-22,24H2,1-3H3/t26-,36+,37-,40+/m1/s1. The molecule has 4 aromatic carbocycles. The first-order valence-corrected chi connectivity index (χ1v) is 20.6. The van der Waals surface area contributed by atoms with Crippen molar-refractivity contribution >= 4 is 37.3 Å². The Labute approximate surface area is 302 Å². The number of aliphatic hydroxyl groups is 1. The minimum Gasteiger partial charge on any atom is -0.454 e. The van der Waals surface area contributed by atoms with E-state index in [2.05, 4.69) is 10.3 Å². The molecule has 12 heteroatoms. The molecule has 2 amide bonds. The monoisotopic (exact) mass is 717 g/mol. The lowest BCUT2D eigenvalue weighted by molar-refractivity contribution is -0.146. The average molecular weight is 718 g/mol. The van der Waals surface area contributed by atoms with Crippen molar-refractivity contribution in [3.05, 3.63) is 126 Å². The zero-order valence-corrected chi connectivity index (χ0v) is 30.3. The van der Waals surface area contributed by atoms with Gasteiger partial charge in [-0.3, -0.25) is 19.2 Å². The van der Waals surface area contributed by atoms with Crippen LogP contribution in [0, 0.1) is 5.92 Å². The van der Waals surface area contributed by atoms with Crippen molar-refractivity contribution in [3.63, 3.8) is 0 Å². The van der Waals surface area contributed by atoms with E-state index in [1.54, 1.807) is 45.9 Å². The van der Waals surface area contributed by atoms with Crippen molar-refractivity contribution in [1.82, 2.24) is 15.0 Å². The van der Waals surface area contributed by atoms with Crippen molar-refractivity contribution in [2.24, 2.45) is 5.92 Å². The van der Waals surface area contributed by atoms with Crippen LogP contribution in [0.5, 0.6) is 11.5 Å². The molecule has 52 heavy (non-hydrogen) atoms. The molecule has 266 valence electrons. The fourth-order valence-corrected chi connectivity index (χ4v) is 10.9. The van der Waals surface area contributed by atoms with E-state index in [0.29, 0.717) is 53.5 Å². The number of aromatic nitrogens is 3. The van der Waals surface area contributed by atoms with E-state index < -0.39 is 31.6 Å². The maximum atomic E-state index is 16.3. The number of aliphatic hydroxyl groups excluding tert-OH is 1. The minimum atomic E-state index is -3.35. The molecule has 1 N–H and O–H groups in total. The van der Waals surface area contributed by atoms with Gasteiger partial charge in [0.1, 0.15) is 5.75 Å². The first-order valence-electron chi connectivity index (χ1n) is 17.7. The Balaban J connectivity index is 1.12. The Hall–Kier alpha value is -5.17. The van der Waals surface area contributed by atoms with Crippen LogP contribution in [0.1, 0.15) is 40.5 Å². The van der Waals surface area contributed by atoms with Crippen LogP contribution in [0.4, 0.5) is 21.2 Å². The van der Waals surface area contributed by atoms with Crippen LogP contribution in [0.25, 0.3) is 0 Å². The van der Waals surface area contributed by atoms with Crippen molar-refractivity contribution in [1.29, 1.82) is 0 Å². The number of carbonyl (C=O) groups is 2. The number of carbonyl (C=O) groups excluding carboxylic acids is 2.